The number of hydrogen-bond acceptors (Lipinski definition) is 2. The Morgan fingerprint density at radius 2 is 2.00 bits per heavy atom. The van der Waals surface area contributed by atoms with Crippen molar-refractivity contribution in [2.45, 2.75) is 25.8 Å². The van der Waals surface area contributed by atoms with Gasteiger partial charge in [-0.25, -0.2) is 0 Å². The highest BCUT2D eigenvalue weighted by Crippen LogP contribution is 2.37. The molecule has 0 saturated carbocycles. The topological polar surface area (TPSA) is 35.2 Å². The van der Waals surface area contributed by atoms with Gasteiger partial charge in [-0.05, 0) is 31.5 Å². The minimum Gasteiger partial charge on any atom is -0.495 e. The van der Waals surface area contributed by atoms with Crippen LogP contribution in [-0.2, 0) is 5.92 Å². The maximum Gasteiger partial charge on any atom is 0.288 e. The first-order chi connectivity index (χ1) is 7.30. The summed E-state index contributed by atoms with van der Waals surface area (Å²) in [6.07, 6.45) is 0. The molecule has 1 aromatic rings. The van der Waals surface area contributed by atoms with Crippen LogP contribution in [0.15, 0.2) is 12.1 Å². The number of methoxy groups -OCH3 is 1. The van der Waals surface area contributed by atoms with Crippen molar-refractivity contribution in [2.75, 3.05) is 7.11 Å². The first-order valence-electron chi connectivity index (χ1n) is 4.78. The van der Waals surface area contributed by atoms with Crippen molar-refractivity contribution in [2.24, 2.45) is 5.73 Å². The van der Waals surface area contributed by atoms with Crippen molar-refractivity contribution in [3.8, 4) is 5.75 Å². The van der Waals surface area contributed by atoms with Crippen LogP contribution in [0.2, 0.25) is 5.02 Å². The lowest BCUT2D eigenvalue weighted by Gasteiger charge is -2.23. The van der Waals surface area contributed by atoms with E-state index in [2.05, 4.69) is 0 Å². The Bertz CT molecular complexity index is 394. The quantitative estimate of drug-likeness (QED) is 0.893. The minimum atomic E-state index is -3.10. The predicted octanol–water partition coefficient (Wildman–Crippen LogP) is 3.10. The Hall–Kier alpha value is -0.870. The molecule has 0 fully saturated rings. The van der Waals surface area contributed by atoms with Gasteiger partial charge >= 0.3 is 0 Å². The van der Waals surface area contributed by atoms with Gasteiger partial charge in [0.05, 0.1) is 18.2 Å². The number of alkyl halides is 2. The Morgan fingerprint density at radius 1 is 1.44 bits per heavy atom. The van der Waals surface area contributed by atoms with E-state index < -0.39 is 12.0 Å². The van der Waals surface area contributed by atoms with E-state index in [0.717, 1.165) is 0 Å². The average Bonchev–Trinajstić information content (AvgIpc) is 2.20. The standard InChI is InChI=1S/C11H14ClF2NO/c1-6-4-10(16-3)9(12)5-8(6)11(13,14)7(2)15/h4-5,7H,15H2,1-3H3. The highest BCUT2D eigenvalue weighted by molar-refractivity contribution is 6.32. The number of halogens is 3. The Balaban J connectivity index is 3.31. The van der Waals surface area contributed by atoms with Gasteiger partial charge in [0, 0.05) is 5.56 Å². The van der Waals surface area contributed by atoms with Gasteiger partial charge in [0.1, 0.15) is 5.75 Å². The predicted molar refractivity (Wildman–Crippen MR) is 60.3 cm³/mol. The van der Waals surface area contributed by atoms with Gasteiger partial charge in [-0.2, -0.15) is 8.78 Å². The molecule has 0 aliphatic rings. The van der Waals surface area contributed by atoms with E-state index in [1.807, 2.05) is 0 Å². The highest BCUT2D eigenvalue weighted by Gasteiger charge is 2.38. The summed E-state index contributed by atoms with van der Waals surface area (Å²) in [4.78, 5) is 0. The average molecular weight is 250 g/mol. The Kier molecular flexibility index (Phi) is 3.76. The summed E-state index contributed by atoms with van der Waals surface area (Å²) in [5.74, 6) is -2.72. The lowest BCUT2D eigenvalue weighted by atomic mass is 9.98. The Morgan fingerprint density at radius 3 is 2.44 bits per heavy atom. The van der Waals surface area contributed by atoms with Gasteiger partial charge in [-0.3, -0.25) is 0 Å². The monoisotopic (exact) mass is 249 g/mol. The zero-order valence-electron chi connectivity index (χ0n) is 9.35. The SMILES string of the molecule is COc1cc(C)c(C(F)(F)C(C)N)cc1Cl. The molecule has 0 aromatic heterocycles. The third-order valence-electron chi connectivity index (χ3n) is 2.43. The molecule has 0 spiro atoms. The molecule has 1 unspecified atom stereocenters. The first kappa shape index (κ1) is 13.2. The van der Waals surface area contributed by atoms with Crippen LogP contribution in [0.5, 0.6) is 5.75 Å². The van der Waals surface area contributed by atoms with E-state index in [1.54, 1.807) is 6.92 Å². The zero-order valence-corrected chi connectivity index (χ0v) is 10.1. The third-order valence-corrected chi connectivity index (χ3v) is 2.73. The molecule has 1 rings (SSSR count). The van der Waals surface area contributed by atoms with E-state index in [0.29, 0.717) is 11.3 Å². The molecule has 0 aliphatic heterocycles. The molecule has 0 amide bonds. The molecule has 16 heavy (non-hydrogen) atoms. The fraction of sp³-hybridized carbons (Fsp3) is 0.455. The third kappa shape index (κ3) is 2.28. The highest BCUT2D eigenvalue weighted by atomic mass is 35.5. The van der Waals surface area contributed by atoms with Crippen LogP contribution in [0.4, 0.5) is 8.78 Å². The second kappa shape index (κ2) is 4.55. The van der Waals surface area contributed by atoms with Crippen LogP contribution in [0, 0.1) is 6.92 Å². The van der Waals surface area contributed by atoms with Crippen LogP contribution < -0.4 is 10.5 Å². The minimum absolute atomic E-state index is 0.156. The summed E-state index contributed by atoms with van der Waals surface area (Å²) in [6, 6.07) is 1.42. The van der Waals surface area contributed by atoms with Crippen molar-refractivity contribution in [3.63, 3.8) is 0 Å². The molecule has 2 nitrogen and oxygen atoms in total. The van der Waals surface area contributed by atoms with Crippen molar-refractivity contribution in [1.82, 2.24) is 0 Å². The van der Waals surface area contributed by atoms with Gasteiger partial charge < -0.3 is 10.5 Å². The van der Waals surface area contributed by atoms with Crippen molar-refractivity contribution < 1.29 is 13.5 Å². The van der Waals surface area contributed by atoms with Crippen LogP contribution >= 0.6 is 11.6 Å². The van der Waals surface area contributed by atoms with Gasteiger partial charge in [0.2, 0.25) is 0 Å². The second-order valence-electron chi connectivity index (χ2n) is 3.71. The molecule has 0 heterocycles. The normalized spacial score (nSPS) is 13.7. The summed E-state index contributed by atoms with van der Waals surface area (Å²) in [5, 5.41) is 0.156. The van der Waals surface area contributed by atoms with E-state index in [4.69, 9.17) is 22.1 Å². The molecule has 0 aliphatic carbocycles. The molecule has 1 atom stereocenters. The summed E-state index contributed by atoms with van der Waals surface area (Å²) < 4.78 is 32.4. The largest absolute Gasteiger partial charge is 0.495 e. The summed E-state index contributed by atoms with van der Waals surface area (Å²) >= 11 is 5.81. The molecule has 5 heteroatoms. The van der Waals surface area contributed by atoms with E-state index in [-0.39, 0.29) is 10.6 Å². The van der Waals surface area contributed by atoms with Crippen LogP contribution in [0.25, 0.3) is 0 Å². The Labute approximate surface area is 98.3 Å². The van der Waals surface area contributed by atoms with E-state index >= 15 is 0 Å². The van der Waals surface area contributed by atoms with E-state index in [9.17, 15) is 8.78 Å². The van der Waals surface area contributed by atoms with Crippen LogP contribution in [0.1, 0.15) is 18.1 Å². The number of aryl methyl sites for hydroxylation is 1. The first-order valence-corrected chi connectivity index (χ1v) is 5.16. The number of benzene rings is 1. The van der Waals surface area contributed by atoms with Gasteiger partial charge in [0.15, 0.2) is 0 Å². The molecule has 2 N–H and O–H groups in total. The van der Waals surface area contributed by atoms with Gasteiger partial charge in [0.25, 0.3) is 5.92 Å². The van der Waals surface area contributed by atoms with Crippen molar-refractivity contribution >= 4 is 11.6 Å². The van der Waals surface area contributed by atoms with Crippen LogP contribution in [0.3, 0.4) is 0 Å². The number of rotatable bonds is 3. The molecule has 0 radical (unpaired) electrons. The van der Waals surface area contributed by atoms with Crippen LogP contribution in [-0.4, -0.2) is 13.2 Å². The molecule has 0 saturated heterocycles. The summed E-state index contributed by atoms with van der Waals surface area (Å²) in [5.41, 5.74) is 5.51. The summed E-state index contributed by atoms with van der Waals surface area (Å²) in [7, 11) is 1.43. The second-order valence-corrected chi connectivity index (χ2v) is 4.12. The smallest absolute Gasteiger partial charge is 0.288 e. The molecule has 0 bridgehead atoms. The number of hydrogen-bond donors (Lipinski definition) is 1. The molecule has 90 valence electrons. The maximum absolute atomic E-state index is 13.7. The van der Waals surface area contributed by atoms with Gasteiger partial charge in [-0.1, -0.05) is 11.6 Å². The van der Waals surface area contributed by atoms with Crippen molar-refractivity contribution in [3.05, 3.63) is 28.3 Å². The number of ether oxygens (including phenoxy) is 1. The van der Waals surface area contributed by atoms with Crippen molar-refractivity contribution in [1.29, 1.82) is 0 Å². The molecular weight excluding hydrogens is 236 g/mol. The number of nitrogens with two attached hydrogens (primary N) is 1. The lowest BCUT2D eigenvalue weighted by molar-refractivity contribution is -0.0262. The lowest BCUT2D eigenvalue weighted by Crippen LogP contribution is -2.36. The van der Waals surface area contributed by atoms with Gasteiger partial charge in [-0.15, -0.1) is 0 Å². The zero-order chi connectivity index (χ0) is 12.5. The fourth-order valence-electron chi connectivity index (χ4n) is 1.42. The summed E-state index contributed by atoms with van der Waals surface area (Å²) in [6.45, 7) is 2.84. The molecular formula is C11H14ClF2NO. The van der Waals surface area contributed by atoms with E-state index in [1.165, 1.54) is 26.2 Å². The maximum atomic E-state index is 13.7. The fourth-order valence-corrected chi connectivity index (χ4v) is 1.66. The molecule has 1 aromatic carbocycles.